The van der Waals surface area contributed by atoms with E-state index < -0.39 is 5.97 Å². The van der Waals surface area contributed by atoms with Gasteiger partial charge in [-0.1, -0.05) is 13.8 Å². The average Bonchev–Trinajstić information content (AvgIpc) is 2.35. The van der Waals surface area contributed by atoms with Gasteiger partial charge < -0.3 is 15.3 Å². The summed E-state index contributed by atoms with van der Waals surface area (Å²) in [4.78, 5) is 27.8. The molecule has 104 valence electrons. The predicted octanol–water partition coefficient (Wildman–Crippen LogP) is 1.33. The number of carbonyl (C=O) groups excluding carboxylic acids is 1. The molecule has 0 atom stereocenters. The molecule has 1 heterocycles. The fourth-order valence-corrected chi connectivity index (χ4v) is 1.61. The van der Waals surface area contributed by atoms with Crippen LogP contribution in [0.5, 0.6) is 0 Å². The van der Waals surface area contributed by atoms with Gasteiger partial charge in [0.15, 0.2) is 0 Å². The molecule has 0 aliphatic heterocycles. The first kappa shape index (κ1) is 14.9. The Balaban J connectivity index is 2.54. The van der Waals surface area contributed by atoms with Gasteiger partial charge in [-0.15, -0.1) is 0 Å². The van der Waals surface area contributed by atoms with E-state index in [-0.39, 0.29) is 18.5 Å². The summed E-state index contributed by atoms with van der Waals surface area (Å²) in [5, 5.41) is 11.5. The van der Waals surface area contributed by atoms with E-state index in [0.29, 0.717) is 13.1 Å². The van der Waals surface area contributed by atoms with Gasteiger partial charge in [-0.25, -0.2) is 4.79 Å². The Kier molecular flexibility index (Phi) is 5.78. The second-order valence-corrected chi connectivity index (χ2v) is 4.68. The molecule has 0 aromatic carbocycles. The van der Waals surface area contributed by atoms with Gasteiger partial charge in [0.1, 0.15) is 6.54 Å². The third-order valence-corrected chi connectivity index (χ3v) is 2.39. The number of hydrogen-bond donors (Lipinski definition) is 2. The Morgan fingerprint density at radius 1 is 1.37 bits per heavy atom. The second-order valence-electron chi connectivity index (χ2n) is 4.68. The lowest BCUT2D eigenvalue weighted by Crippen LogP contribution is -2.44. The SMILES string of the molecule is CC(C)CN(CC(=O)O)C(=O)NCc1ccncc1. The predicted molar refractivity (Wildman–Crippen MR) is 70.5 cm³/mol. The number of nitrogens with one attached hydrogen (secondary N) is 1. The van der Waals surface area contributed by atoms with Crippen LogP contribution >= 0.6 is 0 Å². The molecular weight excluding hydrogens is 246 g/mol. The van der Waals surface area contributed by atoms with Gasteiger partial charge in [0, 0.05) is 25.5 Å². The van der Waals surface area contributed by atoms with Crippen LogP contribution in [0.25, 0.3) is 0 Å². The molecule has 0 spiro atoms. The zero-order valence-electron chi connectivity index (χ0n) is 11.2. The molecule has 0 aliphatic carbocycles. The van der Waals surface area contributed by atoms with Crippen molar-refractivity contribution in [1.29, 1.82) is 0 Å². The summed E-state index contributed by atoms with van der Waals surface area (Å²) < 4.78 is 0. The van der Waals surface area contributed by atoms with Gasteiger partial charge in [-0.2, -0.15) is 0 Å². The molecular formula is C13H19N3O3. The third-order valence-electron chi connectivity index (χ3n) is 2.39. The van der Waals surface area contributed by atoms with Crippen molar-refractivity contribution >= 4 is 12.0 Å². The van der Waals surface area contributed by atoms with Gasteiger partial charge in [0.2, 0.25) is 0 Å². The van der Waals surface area contributed by atoms with Gasteiger partial charge in [0.25, 0.3) is 0 Å². The average molecular weight is 265 g/mol. The monoisotopic (exact) mass is 265 g/mol. The first-order valence-corrected chi connectivity index (χ1v) is 6.12. The normalized spacial score (nSPS) is 10.3. The van der Waals surface area contributed by atoms with Crippen molar-refractivity contribution in [2.45, 2.75) is 20.4 Å². The van der Waals surface area contributed by atoms with Gasteiger partial charge in [0.05, 0.1) is 0 Å². The minimum absolute atomic E-state index is 0.214. The fourth-order valence-electron chi connectivity index (χ4n) is 1.61. The maximum atomic E-state index is 11.9. The van der Waals surface area contributed by atoms with Crippen molar-refractivity contribution in [1.82, 2.24) is 15.2 Å². The number of rotatable bonds is 6. The Morgan fingerprint density at radius 2 is 2.00 bits per heavy atom. The molecule has 19 heavy (non-hydrogen) atoms. The molecule has 0 fully saturated rings. The molecule has 0 unspecified atom stereocenters. The zero-order chi connectivity index (χ0) is 14.3. The summed E-state index contributed by atoms with van der Waals surface area (Å²) in [7, 11) is 0. The molecule has 0 saturated carbocycles. The van der Waals surface area contributed by atoms with E-state index in [0.717, 1.165) is 5.56 Å². The minimum atomic E-state index is -1.01. The maximum absolute atomic E-state index is 11.9. The van der Waals surface area contributed by atoms with E-state index in [1.165, 1.54) is 4.90 Å². The lowest BCUT2D eigenvalue weighted by atomic mass is 10.2. The maximum Gasteiger partial charge on any atom is 0.323 e. The summed E-state index contributed by atoms with van der Waals surface area (Å²) in [6.45, 7) is 4.35. The number of amides is 2. The standard InChI is InChI=1S/C13H19N3O3/c1-10(2)8-16(9-12(17)18)13(19)15-7-11-3-5-14-6-4-11/h3-6,10H,7-9H2,1-2H3,(H,15,19)(H,17,18). The third kappa shape index (κ3) is 5.85. The molecule has 6 nitrogen and oxygen atoms in total. The summed E-state index contributed by atoms with van der Waals surface area (Å²) in [6.07, 6.45) is 3.29. The van der Waals surface area contributed by atoms with Crippen molar-refractivity contribution in [3.8, 4) is 0 Å². The largest absolute Gasteiger partial charge is 0.480 e. The van der Waals surface area contributed by atoms with Gasteiger partial charge >= 0.3 is 12.0 Å². The van der Waals surface area contributed by atoms with Crippen LogP contribution in [0.3, 0.4) is 0 Å². The quantitative estimate of drug-likeness (QED) is 0.813. The van der Waals surface area contributed by atoms with E-state index >= 15 is 0 Å². The molecule has 1 rings (SSSR count). The van der Waals surface area contributed by atoms with Crippen LogP contribution in [0, 0.1) is 5.92 Å². The fraction of sp³-hybridized carbons (Fsp3) is 0.462. The number of aromatic nitrogens is 1. The molecule has 0 radical (unpaired) electrons. The number of pyridine rings is 1. The second kappa shape index (κ2) is 7.35. The molecule has 1 aromatic rings. The molecule has 1 aromatic heterocycles. The minimum Gasteiger partial charge on any atom is -0.480 e. The van der Waals surface area contributed by atoms with Crippen molar-refractivity contribution in [3.05, 3.63) is 30.1 Å². The molecule has 2 amide bonds. The Labute approximate surface area is 112 Å². The van der Waals surface area contributed by atoms with Crippen molar-refractivity contribution in [2.75, 3.05) is 13.1 Å². The van der Waals surface area contributed by atoms with Crippen LogP contribution in [-0.2, 0) is 11.3 Å². The summed E-state index contributed by atoms with van der Waals surface area (Å²) in [5.74, 6) is -0.800. The Bertz CT molecular complexity index is 420. The van der Waals surface area contributed by atoms with Crippen LogP contribution in [0.2, 0.25) is 0 Å². The van der Waals surface area contributed by atoms with E-state index in [9.17, 15) is 9.59 Å². The number of urea groups is 1. The highest BCUT2D eigenvalue weighted by molar-refractivity contribution is 5.80. The summed E-state index contributed by atoms with van der Waals surface area (Å²) in [5.41, 5.74) is 0.920. The van der Waals surface area contributed by atoms with Crippen LogP contribution in [0.15, 0.2) is 24.5 Å². The number of aliphatic carboxylic acids is 1. The summed E-state index contributed by atoms with van der Waals surface area (Å²) >= 11 is 0. The zero-order valence-corrected chi connectivity index (χ0v) is 11.2. The highest BCUT2D eigenvalue weighted by Crippen LogP contribution is 2.01. The summed E-state index contributed by atoms with van der Waals surface area (Å²) in [6, 6.07) is 3.22. The smallest absolute Gasteiger partial charge is 0.323 e. The number of carboxylic acid groups (broad SMARTS) is 1. The Morgan fingerprint density at radius 3 is 2.53 bits per heavy atom. The van der Waals surface area contributed by atoms with E-state index in [2.05, 4.69) is 10.3 Å². The molecule has 0 saturated heterocycles. The van der Waals surface area contributed by atoms with Crippen LogP contribution in [-0.4, -0.2) is 40.1 Å². The van der Waals surface area contributed by atoms with E-state index in [1.807, 2.05) is 13.8 Å². The van der Waals surface area contributed by atoms with Crippen molar-refractivity contribution < 1.29 is 14.7 Å². The van der Waals surface area contributed by atoms with Crippen LogP contribution < -0.4 is 5.32 Å². The van der Waals surface area contributed by atoms with Gasteiger partial charge in [-0.05, 0) is 23.6 Å². The first-order chi connectivity index (χ1) is 8.99. The van der Waals surface area contributed by atoms with Crippen molar-refractivity contribution in [3.63, 3.8) is 0 Å². The highest BCUT2D eigenvalue weighted by atomic mass is 16.4. The number of carbonyl (C=O) groups is 2. The molecule has 2 N–H and O–H groups in total. The number of nitrogens with zero attached hydrogens (tertiary/aromatic N) is 2. The number of hydrogen-bond acceptors (Lipinski definition) is 3. The topological polar surface area (TPSA) is 82.5 Å². The van der Waals surface area contributed by atoms with E-state index in [4.69, 9.17) is 5.11 Å². The van der Waals surface area contributed by atoms with Crippen LogP contribution in [0.4, 0.5) is 4.79 Å². The van der Waals surface area contributed by atoms with Gasteiger partial charge in [-0.3, -0.25) is 9.78 Å². The Hall–Kier alpha value is -2.11. The highest BCUT2D eigenvalue weighted by Gasteiger charge is 2.17. The number of carboxylic acids is 1. The lowest BCUT2D eigenvalue weighted by molar-refractivity contribution is -0.137. The molecule has 6 heteroatoms. The van der Waals surface area contributed by atoms with E-state index in [1.54, 1.807) is 24.5 Å². The first-order valence-electron chi connectivity index (χ1n) is 6.12. The molecule has 0 aliphatic rings. The lowest BCUT2D eigenvalue weighted by Gasteiger charge is -2.23. The molecule has 0 bridgehead atoms. The van der Waals surface area contributed by atoms with Crippen LogP contribution in [0.1, 0.15) is 19.4 Å². The van der Waals surface area contributed by atoms with Crippen molar-refractivity contribution in [2.24, 2.45) is 5.92 Å².